The second-order valence-corrected chi connectivity index (χ2v) is 8.49. The average Bonchev–Trinajstić information content (AvgIpc) is 3.50. The highest BCUT2D eigenvalue weighted by Crippen LogP contribution is 2.46. The summed E-state index contributed by atoms with van der Waals surface area (Å²) in [4.78, 5) is 14.9. The normalized spacial score (nSPS) is 26.8. The number of hydrogen-bond acceptors (Lipinski definition) is 3. The molecule has 1 aliphatic carbocycles. The molecule has 29 heavy (non-hydrogen) atoms. The van der Waals surface area contributed by atoms with Gasteiger partial charge >= 0.3 is 6.09 Å². The highest BCUT2D eigenvalue weighted by atomic mass is 19.1. The molecule has 2 bridgehead atoms. The molecule has 0 unspecified atom stereocenters. The molecule has 1 saturated carbocycles. The SMILES string of the molecule is O=C(NC1(c2ccc(-c3ccc(F)cc3)c(F)c2)CC1)O[C@@H]1CN2CCC1CC2. The van der Waals surface area contributed by atoms with Crippen molar-refractivity contribution in [1.29, 1.82) is 0 Å². The summed E-state index contributed by atoms with van der Waals surface area (Å²) in [6.07, 6.45) is 3.23. The van der Waals surface area contributed by atoms with Crippen molar-refractivity contribution < 1.29 is 18.3 Å². The molecule has 3 saturated heterocycles. The number of ether oxygens (including phenoxy) is 1. The van der Waals surface area contributed by atoms with Crippen molar-refractivity contribution in [3.8, 4) is 11.1 Å². The molecule has 3 aliphatic heterocycles. The van der Waals surface area contributed by atoms with Crippen LogP contribution in [-0.2, 0) is 10.3 Å². The van der Waals surface area contributed by atoms with Gasteiger partial charge in [0.05, 0.1) is 5.54 Å². The zero-order chi connectivity index (χ0) is 20.0. The Labute approximate surface area is 168 Å². The number of halogens is 2. The van der Waals surface area contributed by atoms with Gasteiger partial charge in [0.15, 0.2) is 0 Å². The number of amides is 1. The minimum absolute atomic E-state index is 0.0501. The molecule has 152 valence electrons. The van der Waals surface area contributed by atoms with Crippen LogP contribution < -0.4 is 5.32 Å². The number of piperidine rings is 3. The summed E-state index contributed by atoms with van der Waals surface area (Å²) in [5, 5.41) is 2.99. The number of fused-ring (bicyclic) bond motifs is 3. The predicted octanol–water partition coefficient (Wildman–Crippen LogP) is 4.44. The maximum atomic E-state index is 14.8. The lowest BCUT2D eigenvalue weighted by Gasteiger charge is -2.44. The molecular weight excluding hydrogens is 374 g/mol. The van der Waals surface area contributed by atoms with Gasteiger partial charge in [0, 0.05) is 12.1 Å². The minimum Gasteiger partial charge on any atom is -0.445 e. The third-order valence-corrected chi connectivity index (χ3v) is 6.62. The molecule has 1 amide bonds. The number of carbonyl (C=O) groups is 1. The molecule has 6 heteroatoms. The van der Waals surface area contributed by atoms with Gasteiger partial charge in [0.25, 0.3) is 0 Å². The van der Waals surface area contributed by atoms with E-state index < -0.39 is 11.6 Å². The van der Waals surface area contributed by atoms with E-state index in [0.29, 0.717) is 17.0 Å². The van der Waals surface area contributed by atoms with Crippen molar-refractivity contribution in [2.75, 3.05) is 19.6 Å². The van der Waals surface area contributed by atoms with E-state index in [4.69, 9.17) is 4.74 Å². The van der Waals surface area contributed by atoms with Gasteiger partial charge < -0.3 is 10.1 Å². The van der Waals surface area contributed by atoms with E-state index in [9.17, 15) is 13.6 Å². The van der Waals surface area contributed by atoms with Crippen LogP contribution in [0.2, 0.25) is 0 Å². The van der Waals surface area contributed by atoms with Crippen LogP contribution in [0.4, 0.5) is 13.6 Å². The van der Waals surface area contributed by atoms with Crippen molar-refractivity contribution in [1.82, 2.24) is 10.2 Å². The predicted molar refractivity (Wildman–Crippen MR) is 105 cm³/mol. The summed E-state index contributed by atoms with van der Waals surface area (Å²) >= 11 is 0. The number of benzene rings is 2. The lowest BCUT2D eigenvalue weighted by molar-refractivity contribution is -0.0342. The fourth-order valence-corrected chi connectivity index (χ4v) is 4.69. The topological polar surface area (TPSA) is 41.6 Å². The lowest BCUT2D eigenvalue weighted by atomic mass is 9.86. The molecule has 4 fully saturated rings. The van der Waals surface area contributed by atoms with Gasteiger partial charge in [-0.3, -0.25) is 4.90 Å². The molecule has 3 heterocycles. The van der Waals surface area contributed by atoms with E-state index in [1.165, 1.54) is 18.2 Å². The van der Waals surface area contributed by atoms with Gasteiger partial charge in [-0.25, -0.2) is 13.6 Å². The summed E-state index contributed by atoms with van der Waals surface area (Å²) in [6, 6.07) is 10.8. The maximum absolute atomic E-state index is 14.8. The first-order valence-electron chi connectivity index (χ1n) is 10.3. The second kappa shape index (κ2) is 7.10. The Morgan fingerprint density at radius 2 is 1.79 bits per heavy atom. The Hall–Kier alpha value is -2.47. The molecule has 6 rings (SSSR count). The van der Waals surface area contributed by atoms with E-state index >= 15 is 0 Å². The average molecular weight is 398 g/mol. The van der Waals surface area contributed by atoms with Crippen LogP contribution in [0.1, 0.15) is 31.2 Å². The number of rotatable bonds is 4. The van der Waals surface area contributed by atoms with E-state index in [0.717, 1.165) is 50.9 Å². The van der Waals surface area contributed by atoms with Crippen molar-refractivity contribution >= 4 is 6.09 Å². The van der Waals surface area contributed by atoms with Crippen molar-refractivity contribution in [3.63, 3.8) is 0 Å². The van der Waals surface area contributed by atoms with Crippen LogP contribution in [0.25, 0.3) is 11.1 Å². The number of alkyl carbamates (subject to hydrolysis) is 1. The summed E-state index contributed by atoms with van der Waals surface area (Å²) in [6.45, 7) is 3.00. The number of carbonyl (C=O) groups excluding carboxylic acids is 1. The van der Waals surface area contributed by atoms with E-state index in [2.05, 4.69) is 10.2 Å². The van der Waals surface area contributed by atoms with Crippen LogP contribution in [0.15, 0.2) is 42.5 Å². The Morgan fingerprint density at radius 1 is 1.07 bits per heavy atom. The minimum atomic E-state index is -0.548. The van der Waals surface area contributed by atoms with E-state index in [-0.39, 0.29) is 17.7 Å². The molecule has 4 aliphatic rings. The second-order valence-electron chi connectivity index (χ2n) is 8.49. The summed E-state index contributed by atoms with van der Waals surface area (Å²) in [5.74, 6) is -0.283. The van der Waals surface area contributed by atoms with E-state index in [1.807, 2.05) is 6.07 Å². The van der Waals surface area contributed by atoms with Gasteiger partial charge in [-0.2, -0.15) is 0 Å². The van der Waals surface area contributed by atoms with Crippen LogP contribution in [-0.4, -0.2) is 36.7 Å². The maximum Gasteiger partial charge on any atom is 0.408 e. The molecule has 4 nitrogen and oxygen atoms in total. The Kier molecular flexibility index (Phi) is 4.54. The summed E-state index contributed by atoms with van der Waals surface area (Å²) in [5.41, 5.74) is 1.23. The van der Waals surface area contributed by atoms with Gasteiger partial charge in [0.2, 0.25) is 0 Å². The Bertz CT molecular complexity index is 919. The molecule has 0 spiro atoms. The van der Waals surface area contributed by atoms with Crippen molar-refractivity contribution in [2.45, 2.75) is 37.3 Å². The quantitative estimate of drug-likeness (QED) is 0.828. The standard InChI is InChI=1S/C23H24F2N2O2/c24-18-4-1-15(2-5-18)19-6-3-17(13-20(19)25)23(9-10-23)26-22(28)29-21-14-27-11-7-16(21)8-12-27/h1-6,13,16,21H,7-12,14H2,(H,26,28)/t21-/m1/s1. The monoisotopic (exact) mass is 398 g/mol. The summed E-state index contributed by atoms with van der Waals surface area (Å²) < 4.78 is 33.6. The zero-order valence-electron chi connectivity index (χ0n) is 16.2. The van der Waals surface area contributed by atoms with E-state index in [1.54, 1.807) is 18.2 Å². The van der Waals surface area contributed by atoms with Gasteiger partial charge in [0.1, 0.15) is 17.7 Å². The van der Waals surface area contributed by atoms with Crippen LogP contribution in [0.3, 0.4) is 0 Å². The van der Waals surface area contributed by atoms with Crippen LogP contribution in [0.5, 0.6) is 0 Å². The molecule has 1 N–H and O–H groups in total. The Morgan fingerprint density at radius 3 is 2.38 bits per heavy atom. The van der Waals surface area contributed by atoms with Crippen LogP contribution >= 0.6 is 0 Å². The molecule has 0 radical (unpaired) electrons. The molecule has 0 aromatic heterocycles. The molecule has 2 aromatic carbocycles. The largest absolute Gasteiger partial charge is 0.445 e. The third kappa shape index (κ3) is 3.62. The highest BCUT2D eigenvalue weighted by Gasteiger charge is 2.47. The molecular formula is C23H24F2N2O2. The summed E-state index contributed by atoms with van der Waals surface area (Å²) in [7, 11) is 0. The zero-order valence-corrected chi connectivity index (χ0v) is 16.2. The first-order chi connectivity index (χ1) is 14.0. The first kappa shape index (κ1) is 18.6. The first-order valence-corrected chi connectivity index (χ1v) is 10.3. The lowest BCUT2D eigenvalue weighted by Crippen LogP contribution is -2.53. The highest BCUT2D eigenvalue weighted by molar-refractivity contribution is 5.70. The number of nitrogens with zero attached hydrogens (tertiary/aromatic N) is 1. The fourth-order valence-electron chi connectivity index (χ4n) is 4.69. The molecule has 2 aromatic rings. The fraction of sp³-hybridized carbons (Fsp3) is 0.435. The van der Waals surface area contributed by atoms with Gasteiger partial charge in [-0.15, -0.1) is 0 Å². The number of nitrogens with one attached hydrogen (secondary N) is 1. The van der Waals surface area contributed by atoms with Gasteiger partial charge in [-0.05, 0) is 74.0 Å². The smallest absolute Gasteiger partial charge is 0.408 e. The van der Waals surface area contributed by atoms with Crippen LogP contribution in [0, 0.1) is 17.6 Å². The van der Waals surface area contributed by atoms with Crippen molar-refractivity contribution in [2.24, 2.45) is 5.92 Å². The number of hydrogen-bond donors (Lipinski definition) is 1. The molecule has 1 atom stereocenters. The van der Waals surface area contributed by atoms with Gasteiger partial charge in [-0.1, -0.05) is 24.3 Å². The van der Waals surface area contributed by atoms with Crippen molar-refractivity contribution in [3.05, 3.63) is 59.7 Å². The Balaban J connectivity index is 1.28. The third-order valence-electron chi connectivity index (χ3n) is 6.62.